The fraction of sp³-hybridized carbons (Fsp3) is 0.875. The molecule has 0 saturated heterocycles. The Balaban J connectivity index is 2.21. The Morgan fingerprint density at radius 1 is 0.900 bits per heavy atom. The van der Waals surface area contributed by atoms with Crippen molar-refractivity contribution in [3.8, 4) is 0 Å². The molecule has 20 heavy (non-hydrogen) atoms. The molecule has 2 aliphatic carbocycles. The number of allylic oxidation sites excluding steroid dienone is 2. The summed E-state index contributed by atoms with van der Waals surface area (Å²) in [5.74, 6) is 0.943. The van der Waals surface area contributed by atoms with Crippen molar-refractivity contribution in [2.75, 3.05) is 0 Å². The third kappa shape index (κ3) is 3.88. The van der Waals surface area contributed by atoms with Gasteiger partial charge in [0.05, 0.1) is 5.92 Å². The summed E-state index contributed by atoms with van der Waals surface area (Å²) in [6.07, 6.45) is 14.5. The Labute approximate surface area is 122 Å². The van der Waals surface area contributed by atoms with Gasteiger partial charge in [-0.25, -0.2) is 5.53 Å². The van der Waals surface area contributed by atoms with E-state index in [1.165, 1.54) is 57.8 Å². The van der Waals surface area contributed by atoms with Crippen molar-refractivity contribution in [3.63, 3.8) is 0 Å². The summed E-state index contributed by atoms with van der Waals surface area (Å²) in [4.78, 5) is 3.58. The molecule has 0 aromatic carbocycles. The molecule has 0 heterocycles. The van der Waals surface area contributed by atoms with Crippen LogP contribution in [0.4, 0.5) is 0 Å². The van der Waals surface area contributed by atoms with Crippen molar-refractivity contribution < 1.29 is 0 Å². The predicted molar refractivity (Wildman–Crippen MR) is 79.6 cm³/mol. The highest BCUT2D eigenvalue weighted by Gasteiger charge is 2.37. The standard InChI is InChI=1S/C16H27N4/c17-19-15-12-8-4-7-11-14(16(15)20-18)13-9-5-2-1-3-6-10-13/h13-14,17H,1-12H2/q+1. The molecule has 0 aromatic rings. The summed E-state index contributed by atoms with van der Waals surface area (Å²) in [5.41, 5.74) is 8.83. The van der Waals surface area contributed by atoms with Crippen LogP contribution < -0.4 is 0 Å². The van der Waals surface area contributed by atoms with Crippen LogP contribution in [0.3, 0.4) is 0 Å². The minimum Gasteiger partial charge on any atom is -0.204 e. The van der Waals surface area contributed by atoms with E-state index in [1.54, 1.807) is 0 Å². The zero-order chi connectivity index (χ0) is 14.2. The normalized spacial score (nSPS) is 26.9. The van der Waals surface area contributed by atoms with E-state index in [9.17, 15) is 5.39 Å². The molecule has 2 aliphatic rings. The second-order valence-corrected chi connectivity index (χ2v) is 6.35. The quantitative estimate of drug-likeness (QED) is 0.485. The second-order valence-electron chi connectivity index (χ2n) is 6.35. The molecule has 110 valence electrons. The first kappa shape index (κ1) is 15.2. The van der Waals surface area contributed by atoms with Crippen LogP contribution in [-0.2, 0) is 0 Å². The van der Waals surface area contributed by atoms with Crippen molar-refractivity contribution in [1.82, 2.24) is 0 Å². The summed E-state index contributed by atoms with van der Waals surface area (Å²) in [5, 5.41) is 13.1. The molecule has 4 nitrogen and oxygen atoms in total. The highest BCUT2D eigenvalue weighted by atomic mass is 15.0. The number of nitrogens with zero attached hydrogens (tertiary/aromatic N) is 3. The maximum absolute atomic E-state index is 9.46. The van der Waals surface area contributed by atoms with Crippen LogP contribution in [0, 0.1) is 22.8 Å². The van der Waals surface area contributed by atoms with E-state index in [4.69, 9.17) is 5.53 Å². The van der Waals surface area contributed by atoms with E-state index in [-0.39, 0.29) is 0 Å². The van der Waals surface area contributed by atoms with Crippen molar-refractivity contribution in [1.29, 1.82) is 10.9 Å². The van der Waals surface area contributed by atoms with E-state index >= 15 is 0 Å². The van der Waals surface area contributed by atoms with Crippen LogP contribution in [0.25, 0.3) is 4.98 Å². The van der Waals surface area contributed by atoms with Crippen LogP contribution in [0.2, 0.25) is 0 Å². The summed E-state index contributed by atoms with van der Waals surface area (Å²) in [7, 11) is 0. The zero-order valence-electron chi connectivity index (χ0n) is 12.5. The Kier molecular flexibility index (Phi) is 6.17. The van der Waals surface area contributed by atoms with Crippen LogP contribution in [0.1, 0.15) is 77.0 Å². The monoisotopic (exact) mass is 275 g/mol. The van der Waals surface area contributed by atoms with E-state index in [1.807, 2.05) is 0 Å². The van der Waals surface area contributed by atoms with Gasteiger partial charge in [-0.3, -0.25) is 0 Å². The Hall–Kier alpha value is -1.24. The molecule has 1 atom stereocenters. The van der Waals surface area contributed by atoms with Gasteiger partial charge in [0, 0.05) is 0 Å². The smallest absolute Gasteiger partial charge is 0.204 e. The summed E-state index contributed by atoms with van der Waals surface area (Å²) in [6.45, 7) is 0. The Bertz CT molecular complexity index is 386. The SMILES string of the molecule is N#[N+]C1=C(N=N)CCCCCC1C1CCCCCCC1. The molecule has 0 spiro atoms. The predicted octanol–water partition coefficient (Wildman–Crippen LogP) is 6.02. The van der Waals surface area contributed by atoms with Gasteiger partial charge in [-0.1, -0.05) is 44.9 Å². The maximum atomic E-state index is 9.46. The van der Waals surface area contributed by atoms with Gasteiger partial charge in [0.15, 0.2) is 10.7 Å². The molecule has 0 radical (unpaired) electrons. The summed E-state index contributed by atoms with van der Waals surface area (Å²) in [6, 6.07) is 0. The first-order chi connectivity index (χ1) is 9.86. The molecule has 1 N–H and O–H groups in total. The number of diazo groups is 1. The van der Waals surface area contributed by atoms with Crippen molar-refractivity contribution in [2.45, 2.75) is 77.0 Å². The second kappa shape index (κ2) is 8.14. The molecule has 1 fully saturated rings. The van der Waals surface area contributed by atoms with Gasteiger partial charge >= 0.3 is 5.70 Å². The summed E-state index contributed by atoms with van der Waals surface area (Å²) >= 11 is 0. The largest absolute Gasteiger partial charge is 0.387 e. The van der Waals surface area contributed by atoms with Crippen molar-refractivity contribution in [2.24, 2.45) is 17.0 Å². The molecule has 1 unspecified atom stereocenters. The molecule has 4 heteroatoms. The van der Waals surface area contributed by atoms with Crippen LogP contribution in [0.15, 0.2) is 16.5 Å². The molecule has 0 aliphatic heterocycles. The highest BCUT2D eigenvalue weighted by Crippen LogP contribution is 2.39. The first-order valence-electron chi connectivity index (χ1n) is 8.32. The third-order valence-corrected chi connectivity index (χ3v) is 5.04. The molecule has 0 bridgehead atoms. The molecule has 0 aromatic heterocycles. The van der Waals surface area contributed by atoms with Gasteiger partial charge < -0.3 is 0 Å². The first-order valence-corrected chi connectivity index (χ1v) is 8.32. The molecule has 0 amide bonds. The van der Waals surface area contributed by atoms with Gasteiger partial charge in [0.25, 0.3) is 0 Å². The number of hydrogen-bond acceptors (Lipinski definition) is 3. The lowest BCUT2D eigenvalue weighted by molar-refractivity contribution is 0.275. The van der Waals surface area contributed by atoms with Gasteiger partial charge in [0.2, 0.25) is 5.39 Å². The van der Waals surface area contributed by atoms with Gasteiger partial charge in [-0.15, -0.1) is 0 Å². The fourth-order valence-corrected chi connectivity index (χ4v) is 3.91. The minimum absolute atomic E-state index is 0.322. The number of nitrogens with one attached hydrogen (secondary N) is 1. The van der Waals surface area contributed by atoms with Crippen LogP contribution in [-0.4, -0.2) is 0 Å². The molecular weight excluding hydrogens is 248 g/mol. The van der Waals surface area contributed by atoms with E-state index < -0.39 is 0 Å². The van der Waals surface area contributed by atoms with Gasteiger partial charge in [-0.2, -0.15) is 5.11 Å². The Morgan fingerprint density at radius 2 is 1.50 bits per heavy atom. The lowest BCUT2D eigenvalue weighted by atomic mass is 9.76. The average Bonchev–Trinajstić information content (AvgIpc) is 2.40. The van der Waals surface area contributed by atoms with Gasteiger partial charge in [0.1, 0.15) is 0 Å². The topological polar surface area (TPSA) is 64.4 Å². The number of rotatable bonds is 2. The van der Waals surface area contributed by atoms with Gasteiger partial charge in [-0.05, 0) is 38.0 Å². The fourth-order valence-electron chi connectivity index (χ4n) is 3.91. The third-order valence-electron chi connectivity index (χ3n) is 5.04. The van der Waals surface area contributed by atoms with Crippen molar-refractivity contribution >= 4 is 0 Å². The highest BCUT2D eigenvalue weighted by molar-refractivity contribution is 5.22. The lowest BCUT2D eigenvalue weighted by Gasteiger charge is -2.26. The van der Waals surface area contributed by atoms with E-state index in [0.717, 1.165) is 30.7 Å². The molecule has 2 rings (SSSR count). The van der Waals surface area contributed by atoms with Crippen molar-refractivity contribution in [3.05, 3.63) is 16.4 Å². The number of hydrogen-bond donors (Lipinski definition) is 1. The Morgan fingerprint density at radius 3 is 2.15 bits per heavy atom. The van der Waals surface area contributed by atoms with E-state index in [0.29, 0.717) is 11.8 Å². The lowest BCUT2D eigenvalue weighted by Crippen LogP contribution is -2.19. The average molecular weight is 275 g/mol. The molecule has 1 saturated carbocycles. The van der Waals surface area contributed by atoms with E-state index in [2.05, 4.69) is 10.1 Å². The summed E-state index contributed by atoms with van der Waals surface area (Å²) < 4.78 is 0. The van der Waals surface area contributed by atoms with Crippen LogP contribution >= 0.6 is 0 Å². The minimum atomic E-state index is 0.322. The van der Waals surface area contributed by atoms with Crippen LogP contribution in [0.5, 0.6) is 0 Å². The zero-order valence-corrected chi connectivity index (χ0v) is 12.5. The molecular formula is C16H27N4+. The maximum Gasteiger partial charge on any atom is 0.387 e.